The van der Waals surface area contributed by atoms with E-state index in [2.05, 4.69) is 10.6 Å². The first kappa shape index (κ1) is 14.6. The van der Waals surface area contributed by atoms with Crippen LogP contribution in [0.2, 0.25) is 0 Å². The van der Waals surface area contributed by atoms with Crippen LogP contribution in [0.3, 0.4) is 0 Å². The number of alkyl halides is 3. The summed E-state index contributed by atoms with van der Waals surface area (Å²) >= 11 is 0. The quantitative estimate of drug-likeness (QED) is 0.783. The van der Waals surface area contributed by atoms with Gasteiger partial charge in [-0.05, 0) is 24.6 Å². The van der Waals surface area contributed by atoms with Crippen LogP contribution < -0.4 is 10.6 Å². The molecule has 3 N–H and O–H groups in total. The minimum Gasteiger partial charge on any atom is -0.465 e. The molecule has 2 rings (SSSR count). The molecule has 1 saturated heterocycles. The van der Waals surface area contributed by atoms with Crippen molar-refractivity contribution >= 4 is 6.09 Å². The molecule has 1 aromatic carbocycles. The molecule has 0 aromatic heterocycles. The summed E-state index contributed by atoms with van der Waals surface area (Å²) in [6.45, 7) is 1.06. The molecule has 2 atom stereocenters. The molecule has 4 nitrogen and oxygen atoms in total. The molecular weight excluding hydrogens is 273 g/mol. The van der Waals surface area contributed by atoms with Crippen molar-refractivity contribution in [2.24, 2.45) is 0 Å². The first-order valence-corrected chi connectivity index (χ1v) is 6.25. The van der Waals surface area contributed by atoms with E-state index >= 15 is 0 Å². The SMILES string of the molecule is O=C(O)NC1CNCCC1c1cccc(C(F)(F)F)c1. The van der Waals surface area contributed by atoms with Crippen molar-refractivity contribution in [3.8, 4) is 0 Å². The van der Waals surface area contributed by atoms with Gasteiger partial charge < -0.3 is 15.7 Å². The first-order chi connectivity index (χ1) is 9.38. The molecule has 1 aliphatic rings. The zero-order chi connectivity index (χ0) is 14.8. The third kappa shape index (κ3) is 3.41. The van der Waals surface area contributed by atoms with E-state index < -0.39 is 23.9 Å². The third-order valence-corrected chi connectivity index (χ3v) is 3.43. The van der Waals surface area contributed by atoms with Gasteiger partial charge in [0.05, 0.1) is 11.6 Å². The van der Waals surface area contributed by atoms with Crippen molar-refractivity contribution in [1.82, 2.24) is 10.6 Å². The molecule has 2 unspecified atom stereocenters. The van der Waals surface area contributed by atoms with E-state index in [1.807, 2.05) is 0 Å². The molecule has 0 spiro atoms. The van der Waals surface area contributed by atoms with Gasteiger partial charge in [0, 0.05) is 12.5 Å². The lowest BCUT2D eigenvalue weighted by Crippen LogP contribution is -2.49. The average molecular weight is 288 g/mol. The maximum absolute atomic E-state index is 12.7. The molecular formula is C13H15F3N2O2. The molecule has 1 aromatic rings. The second-order valence-corrected chi connectivity index (χ2v) is 4.78. The van der Waals surface area contributed by atoms with Gasteiger partial charge in [0.15, 0.2) is 0 Å². The monoisotopic (exact) mass is 288 g/mol. The van der Waals surface area contributed by atoms with Gasteiger partial charge in [-0.3, -0.25) is 0 Å². The second-order valence-electron chi connectivity index (χ2n) is 4.78. The van der Waals surface area contributed by atoms with Crippen LogP contribution in [0.1, 0.15) is 23.5 Å². The van der Waals surface area contributed by atoms with Crippen LogP contribution in [0.5, 0.6) is 0 Å². The number of hydrogen-bond donors (Lipinski definition) is 3. The van der Waals surface area contributed by atoms with Gasteiger partial charge in [0.25, 0.3) is 0 Å². The van der Waals surface area contributed by atoms with E-state index in [4.69, 9.17) is 5.11 Å². The van der Waals surface area contributed by atoms with Crippen molar-refractivity contribution in [2.45, 2.75) is 24.6 Å². The predicted octanol–water partition coefficient (Wildman–Crippen LogP) is 2.42. The first-order valence-electron chi connectivity index (χ1n) is 6.25. The van der Waals surface area contributed by atoms with Gasteiger partial charge in [-0.25, -0.2) is 4.79 Å². The highest BCUT2D eigenvalue weighted by atomic mass is 19.4. The smallest absolute Gasteiger partial charge is 0.416 e. The summed E-state index contributed by atoms with van der Waals surface area (Å²) in [5, 5.41) is 14.2. The fraction of sp³-hybridized carbons (Fsp3) is 0.462. The van der Waals surface area contributed by atoms with Crippen LogP contribution in [0, 0.1) is 0 Å². The normalized spacial score (nSPS) is 23.4. The summed E-state index contributed by atoms with van der Waals surface area (Å²) < 4.78 is 38.2. The van der Waals surface area contributed by atoms with Gasteiger partial charge in [0.1, 0.15) is 0 Å². The molecule has 1 fully saturated rings. The number of benzene rings is 1. The molecule has 20 heavy (non-hydrogen) atoms. The van der Waals surface area contributed by atoms with Gasteiger partial charge >= 0.3 is 12.3 Å². The minimum absolute atomic E-state index is 0.255. The Bertz CT molecular complexity index is 491. The van der Waals surface area contributed by atoms with Crippen LogP contribution in [0.15, 0.2) is 24.3 Å². The number of amides is 1. The van der Waals surface area contributed by atoms with E-state index in [0.29, 0.717) is 25.1 Å². The molecule has 0 saturated carbocycles. The molecule has 110 valence electrons. The third-order valence-electron chi connectivity index (χ3n) is 3.43. The molecule has 0 bridgehead atoms. The Balaban J connectivity index is 2.26. The number of hydrogen-bond acceptors (Lipinski definition) is 2. The molecule has 0 aliphatic carbocycles. The van der Waals surface area contributed by atoms with Gasteiger partial charge in [-0.2, -0.15) is 13.2 Å². The minimum atomic E-state index is -4.39. The van der Waals surface area contributed by atoms with Crippen LogP contribution in [0.4, 0.5) is 18.0 Å². The summed E-state index contributed by atoms with van der Waals surface area (Å²) in [4.78, 5) is 10.8. The summed E-state index contributed by atoms with van der Waals surface area (Å²) in [7, 11) is 0. The van der Waals surface area contributed by atoms with Gasteiger partial charge in [-0.15, -0.1) is 0 Å². The van der Waals surface area contributed by atoms with Crippen LogP contribution >= 0.6 is 0 Å². The molecule has 1 amide bonds. The number of halogens is 3. The maximum atomic E-state index is 12.7. The average Bonchev–Trinajstić information content (AvgIpc) is 2.38. The van der Waals surface area contributed by atoms with E-state index in [1.54, 1.807) is 6.07 Å². The fourth-order valence-electron chi connectivity index (χ4n) is 2.51. The highest BCUT2D eigenvalue weighted by molar-refractivity contribution is 5.65. The van der Waals surface area contributed by atoms with Crippen molar-refractivity contribution in [2.75, 3.05) is 13.1 Å². The summed E-state index contributed by atoms with van der Waals surface area (Å²) in [6.07, 6.45) is -4.97. The topological polar surface area (TPSA) is 61.4 Å². The van der Waals surface area contributed by atoms with E-state index in [1.165, 1.54) is 6.07 Å². The highest BCUT2D eigenvalue weighted by Crippen LogP contribution is 2.33. The fourth-order valence-corrected chi connectivity index (χ4v) is 2.51. The van der Waals surface area contributed by atoms with Crippen LogP contribution in [-0.2, 0) is 6.18 Å². The second kappa shape index (κ2) is 5.70. The Morgan fingerprint density at radius 2 is 2.15 bits per heavy atom. The number of piperidine rings is 1. The Morgan fingerprint density at radius 1 is 1.40 bits per heavy atom. The van der Waals surface area contributed by atoms with E-state index in [9.17, 15) is 18.0 Å². The lowest BCUT2D eigenvalue weighted by atomic mass is 9.85. The van der Waals surface area contributed by atoms with Crippen LogP contribution in [0.25, 0.3) is 0 Å². The summed E-state index contributed by atoms with van der Waals surface area (Å²) in [5.41, 5.74) is -0.192. The lowest BCUT2D eigenvalue weighted by molar-refractivity contribution is -0.137. The van der Waals surface area contributed by atoms with Crippen molar-refractivity contribution in [3.05, 3.63) is 35.4 Å². The maximum Gasteiger partial charge on any atom is 0.416 e. The molecule has 1 aliphatic heterocycles. The van der Waals surface area contributed by atoms with Crippen molar-refractivity contribution < 1.29 is 23.1 Å². The van der Waals surface area contributed by atoms with Crippen LogP contribution in [-0.4, -0.2) is 30.3 Å². The molecule has 7 heteroatoms. The number of carbonyl (C=O) groups is 1. The zero-order valence-electron chi connectivity index (χ0n) is 10.6. The highest BCUT2D eigenvalue weighted by Gasteiger charge is 2.33. The summed E-state index contributed by atoms with van der Waals surface area (Å²) in [6, 6.07) is 4.67. The molecule has 0 radical (unpaired) electrons. The number of nitrogens with one attached hydrogen (secondary N) is 2. The van der Waals surface area contributed by atoms with Gasteiger partial charge in [0.2, 0.25) is 0 Å². The predicted molar refractivity (Wildman–Crippen MR) is 66.6 cm³/mol. The standard InChI is InChI=1S/C13H15F3N2O2/c14-13(15,16)9-3-1-2-8(6-9)10-4-5-17-7-11(10)18-12(19)20/h1-3,6,10-11,17-18H,4-5,7H2,(H,19,20). The van der Waals surface area contributed by atoms with Crippen molar-refractivity contribution in [3.63, 3.8) is 0 Å². The number of carboxylic acid groups (broad SMARTS) is 1. The van der Waals surface area contributed by atoms with E-state index in [-0.39, 0.29) is 5.92 Å². The Kier molecular flexibility index (Phi) is 4.17. The zero-order valence-corrected chi connectivity index (χ0v) is 10.6. The largest absolute Gasteiger partial charge is 0.465 e. The Labute approximate surface area is 114 Å². The summed E-state index contributed by atoms with van der Waals surface area (Å²) in [5.74, 6) is -0.255. The van der Waals surface area contributed by atoms with Gasteiger partial charge in [-0.1, -0.05) is 18.2 Å². The van der Waals surface area contributed by atoms with E-state index in [0.717, 1.165) is 12.1 Å². The van der Waals surface area contributed by atoms with Crippen molar-refractivity contribution in [1.29, 1.82) is 0 Å². The number of rotatable bonds is 2. The molecule has 1 heterocycles. The Hall–Kier alpha value is -1.76. The Morgan fingerprint density at radius 3 is 2.80 bits per heavy atom. The lowest BCUT2D eigenvalue weighted by Gasteiger charge is -2.32.